The molecule has 0 unspecified atom stereocenters. The highest BCUT2D eigenvalue weighted by atomic mass is 79.9. The first-order valence-electron chi connectivity index (χ1n) is 7.00. The summed E-state index contributed by atoms with van der Waals surface area (Å²) in [5.41, 5.74) is 0.595. The number of aromatic carboxylic acids is 1. The number of carboxylic acids is 1. The van der Waals surface area contributed by atoms with Crippen LogP contribution in [0.25, 0.3) is 11.3 Å². The smallest absolute Gasteiger partial charge is 0.337 e. The van der Waals surface area contributed by atoms with Crippen LogP contribution in [-0.2, 0) is 0 Å². The second-order valence-corrected chi connectivity index (χ2v) is 5.90. The number of carboxylic acid groups (broad SMARTS) is 1. The maximum atomic E-state index is 12.9. The Balaban J connectivity index is 1.83. The van der Waals surface area contributed by atoms with E-state index in [2.05, 4.69) is 26.2 Å². The van der Waals surface area contributed by atoms with Gasteiger partial charge in [-0.05, 0) is 42.5 Å². The van der Waals surface area contributed by atoms with Crippen molar-refractivity contribution in [2.45, 2.75) is 0 Å². The quantitative estimate of drug-likeness (QED) is 0.679. The molecule has 1 aromatic heterocycles. The summed E-state index contributed by atoms with van der Waals surface area (Å²) in [7, 11) is 0. The predicted molar refractivity (Wildman–Crippen MR) is 91.0 cm³/mol. The molecule has 0 atom stereocenters. The molecule has 3 aromatic rings. The fraction of sp³-hybridized carbons (Fsp3) is 0. The van der Waals surface area contributed by atoms with Crippen LogP contribution in [0.5, 0.6) is 0 Å². The Bertz CT molecular complexity index is 954. The molecule has 3 rings (SSSR count). The number of nitrogens with zero attached hydrogens (tertiary/aromatic N) is 1. The summed E-state index contributed by atoms with van der Waals surface area (Å²) in [6, 6.07) is 9.94. The number of oxazole rings is 1. The van der Waals surface area contributed by atoms with Gasteiger partial charge in [0.1, 0.15) is 5.82 Å². The molecule has 6 nitrogen and oxygen atoms in total. The van der Waals surface area contributed by atoms with Crippen LogP contribution in [0.1, 0.15) is 21.0 Å². The molecular formula is C17H10BrFN2O4. The number of aromatic nitrogens is 1. The monoisotopic (exact) mass is 404 g/mol. The molecular weight excluding hydrogens is 395 g/mol. The van der Waals surface area contributed by atoms with Crippen molar-refractivity contribution in [2.75, 3.05) is 5.32 Å². The standard InChI is InChI=1S/C17H10BrFN2O4/c18-10-3-6-13(12(7-10)17(23)24)21-15(22)16-20-8-14(25-16)9-1-4-11(19)5-2-9/h1-8H,(H,21,22)(H,23,24). The highest BCUT2D eigenvalue weighted by Crippen LogP contribution is 2.24. The van der Waals surface area contributed by atoms with Crippen LogP contribution in [0.15, 0.2) is 57.6 Å². The van der Waals surface area contributed by atoms with Crippen molar-refractivity contribution in [1.82, 2.24) is 4.98 Å². The van der Waals surface area contributed by atoms with E-state index < -0.39 is 17.7 Å². The number of halogens is 2. The van der Waals surface area contributed by atoms with E-state index in [1.165, 1.54) is 42.6 Å². The van der Waals surface area contributed by atoms with Crippen LogP contribution in [0.3, 0.4) is 0 Å². The van der Waals surface area contributed by atoms with E-state index in [1.807, 2.05) is 0 Å². The molecule has 0 saturated heterocycles. The van der Waals surface area contributed by atoms with Gasteiger partial charge in [-0.2, -0.15) is 0 Å². The van der Waals surface area contributed by atoms with Gasteiger partial charge < -0.3 is 14.8 Å². The van der Waals surface area contributed by atoms with Crippen molar-refractivity contribution in [3.05, 3.63) is 70.4 Å². The zero-order chi connectivity index (χ0) is 18.0. The zero-order valence-electron chi connectivity index (χ0n) is 12.5. The van der Waals surface area contributed by atoms with Gasteiger partial charge in [0, 0.05) is 10.0 Å². The van der Waals surface area contributed by atoms with Crippen LogP contribution in [0.2, 0.25) is 0 Å². The van der Waals surface area contributed by atoms with Crippen LogP contribution in [0.4, 0.5) is 10.1 Å². The molecule has 0 aliphatic rings. The third-order valence-corrected chi connectivity index (χ3v) is 3.78. The Morgan fingerprint density at radius 2 is 1.88 bits per heavy atom. The molecule has 0 radical (unpaired) electrons. The Kier molecular flexibility index (Phi) is 4.62. The lowest BCUT2D eigenvalue weighted by molar-refractivity contribution is 0.0698. The lowest BCUT2D eigenvalue weighted by Gasteiger charge is -2.07. The van der Waals surface area contributed by atoms with Gasteiger partial charge in [-0.25, -0.2) is 14.2 Å². The first-order valence-corrected chi connectivity index (χ1v) is 7.79. The minimum atomic E-state index is -1.18. The molecule has 25 heavy (non-hydrogen) atoms. The lowest BCUT2D eigenvalue weighted by atomic mass is 10.2. The van der Waals surface area contributed by atoms with Gasteiger partial charge in [-0.15, -0.1) is 0 Å². The normalized spacial score (nSPS) is 10.5. The highest BCUT2D eigenvalue weighted by molar-refractivity contribution is 9.10. The number of carbonyl (C=O) groups is 2. The molecule has 1 amide bonds. The molecule has 0 bridgehead atoms. The summed E-state index contributed by atoms with van der Waals surface area (Å²) in [5.74, 6) is -2.22. The molecule has 1 heterocycles. The van der Waals surface area contributed by atoms with Crippen molar-refractivity contribution >= 4 is 33.5 Å². The first kappa shape index (κ1) is 16.8. The summed E-state index contributed by atoms with van der Waals surface area (Å²) in [4.78, 5) is 27.4. The van der Waals surface area contributed by atoms with Gasteiger partial charge in [0.25, 0.3) is 5.89 Å². The van der Waals surface area contributed by atoms with Gasteiger partial charge >= 0.3 is 11.9 Å². The van der Waals surface area contributed by atoms with Crippen LogP contribution >= 0.6 is 15.9 Å². The van der Waals surface area contributed by atoms with E-state index in [0.717, 1.165) is 0 Å². The number of amides is 1. The number of hydrogen-bond acceptors (Lipinski definition) is 4. The second-order valence-electron chi connectivity index (χ2n) is 4.99. The SMILES string of the molecule is O=C(Nc1ccc(Br)cc1C(=O)O)c1ncc(-c2ccc(F)cc2)o1. The van der Waals surface area contributed by atoms with Crippen molar-refractivity contribution < 1.29 is 23.5 Å². The van der Waals surface area contributed by atoms with Gasteiger partial charge in [0.15, 0.2) is 5.76 Å². The van der Waals surface area contributed by atoms with Gasteiger partial charge in [-0.3, -0.25) is 4.79 Å². The third kappa shape index (κ3) is 3.74. The summed E-state index contributed by atoms with van der Waals surface area (Å²) < 4.78 is 18.9. The number of hydrogen-bond donors (Lipinski definition) is 2. The molecule has 0 spiro atoms. The first-order chi connectivity index (χ1) is 11.9. The number of anilines is 1. The highest BCUT2D eigenvalue weighted by Gasteiger charge is 2.18. The average molecular weight is 405 g/mol. The fourth-order valence-corrected chi connectivity index (χ4v) is 2.47. The molecule has 8 heteroatoms. The van der Waals surface area contributed by atoms with E-state index in [1.54, 1.807) is 6.07 Å². The van der Waals surface area contributed by atoms with E-state index in [4.69, 9.17) is 4.42 Å². The van der Waals surface area contributed by atoms with Crippen molar-refractivity contribution in [1.29, 1.82) is 0 Å². The Labute approximate surface area is 149 Å². The zero-order valence-corrected chi connectivity index (χ0v) is 14.1. The summed E-state index contributed by atoms with van der Waals surface area (Å²) in [6.07, 6.45) is 1.34. The van der Waals surface area contributed by atoms with E-state index in [9.17, 15) is 19.1 Å². The number of rotatable bonds is 4. The molecule has 0 aliphatic heterocycles. The fourth-order valence-electron chi connectivity index (χ4n) is 2.10. The van der Waals surface area contributed by atoms with Gasteiger partial charge in [0.05, 0.1) is 17.4 Å². The van der Waals surface area contributed by atoms with E-state index in [-0.39, 0.29) is 17.1 Å². The topological polar surface area (TPSA) is 92.4 Å². The van der Waals surface area contributed by atoms with Gasteiger partial charge in [0.2, 0.25) is 0 Å². The second kappa shape index (κ2) is 6.86. The van der Waals surface area contributed by atoms with Crippen LogP contribution in [0, 0.1) is 5.82 Å². The third-order valence-electron chi connectivity index (χ3n) is 3.29. The molecule has 126 valence electrons. The molecule has 0 saturated carbocycles. The van der Waals surface area contributed by atoms with Gasteiger partial charge in [-0.1, -0.05) is 15.9 Å². The summed E-state index contributed by atoms with van der Waals surface area (Å²) in [5, 5.41) is 11.7. The van der Waals surface area contributed by atoms with Crippen molar-refractivity contribution in [3.8, 4) is 11.3 Å². The van der Waals surface area contributed by atoms with E-state index >= 15 is 0 Å². The largest absolute Gasteiger partial charge is 0.478 e. The molecule has 2 N–H and O–H groups in total. The van der Waals surface area contributed by atoms with Crippen LogP contribution < -0.4 is 5.32 Å². The maximum absolute atomic E-state index is 12.9. The maximum Gasteiger partial charge on any atom is 0.337 e. The molecule has 2 aromatic carbocycles. The number of carbonyl (C=O) groups excluding carboxylic acids is 1. The van der Waals surface area contributed by atoms with Crippen molar-refractivity contribution in [3.63, 3.8) is 0 Å². The Morgan fingerprint density at radius 3 is 2.56 bits per heavy atom. The molecule has 0 aliphatic carbocycles. The molecule has 0 fully saturated rings. The Hall–Kier alpha value is -3.00. The predicted octanol–water partition coefficient (Wildman–Crippen LogP) is 4.19. The van der Waals surface area contributed by atoms with E-state index in [0.29, 0.717) is 15.8 Å². The lowest BCUT2D eigenvalue weighted by Crippen LogP contribution is -2.15. The number of benzene rings is 2. The minimum absolute atomic E-state index is 0.0759. The number of nitrogens with one attached hydrogen (secondary N) is 1. The minimum Gasteiger partial charge on any atom is -0.478 e. The summed E-state index contributed by atoms with van der Waals surface area (Å²) in [6.45, 7) is 0. The van der Waals surface area contributed by atoms with Crippen LogP contribution in [-0.4, -0.2) is 22.0 Å². The Morgan fingerprint density at radius 1 is 1.16 bits per heavy atom. The van der Waals surface area contributed by atoms with Crippen molar-refractivity contribution in [2.24, 2.45) is 0 Å². The average Bonchev–Trinajstić information content (AvgIpc) is 3.07. The summed E-state index contributed by atoms with van der Waals surface area (Å²) >= 11 is 3.18.